The van der Waals surface area contributed by atoms with Crippen molar-refractivity contribution in [1.82, 2.24) is 15.0 Å². The van der Waals surface area contributed by atoms with Crippen LogP contribution in [0.15, 0.2) is 48.7 Å². The van der Waals surface area contributed by atoms with Crippen molar-refractivity contribution in [3.63, 3.8) is 0 Å². The van der Waals surface area contributed by atoms with E-state index in [-0.39, 0.29) is 18.8 Å². The van der Waals surface area contributed by atoms with Gasteiger partial charge in [0.2, 0.25) is 15.9 Å². The third kappa shape index (κ3) is 6.64. The number of amides is 1. The van der Waals surface area contributed by atoms with Crippen LogP contribution in [-0.4, -0.2) is 25.9 Å². The highest BCUT2D eigenvalue weighted by Gasteiger charge is 2.13. The van der Waals surface area contributed by atoms with E-state index in [2.05, 4.69) is 28.9 Å². The maximum Gasteiger partial charge on any atom is 0.235 e. The van der Waals surface area contributed by atoms with Gasteiger partial charge in [0.05, 0.1) is 24.5 Å². The summed E-state index contributed by atoms with van der Waals surface area (Å²) in [5.41, 5.74) is 2.55. The van der Waals surface area contributed by atoms with E-state index in [1.54, 1.807) is 30.5 Å². The van der Waals surface area contributed by atoms with Crippen LogP contribution in [0.3, 0.4) is 0 Å². The maximum absolute atomic E-state index is 12.1. The van der Waals surface area contributed by atoms with Crippen molar-refractivity contribution < 1.29 is 13.2 Å². The first-order valence-electron chi connectivity index (χ1n) is 8.08. The lowest BCUT2D eigenvalue weighted by atomic mass is 10.0. The zero-order valence-electron chi connectivity index (χ0n) is 14.4. The van der Waals surface area contributed by atoms with E-state index in [4.69, 9.17) is 0 Å². The molecule has 134 valence electrons. The molecule has 1 amide bonds. The molecule has 0 fully saturated rings. The second kappa shape index (κ2) is 8.73. The van der Waals surface area contributed by atoms with E-state index in [9.17, 15) is 13.2 Å². The summed E-state index contributed by atoms with van der Waals surface area (Å²) >= 11 is 0. The maximum atomic E-state index is 12.1. The summed E-state index contributed by atoms with van der Waals surface area (Å²) < 4.78 is 26.5. The highest BCUT2D eigenvalue weighted by Crippen LogP contribution is 2.15. The quantitative estimate of drug-likeness (QED) is 0.752. The minimum absolute atomic E-state index is 0.154. The van der Waals surface area contributed by atoms with Crippen LogP contribution in [0, 0.1) is 0 Å². The van der Waals surface area contributed by atoms with Crippen LogP contribution in [0.1, 0.15) is 36.6 Å². The minimum Gasteiger partial charge on any atom is -0.349 e. The van der Waals surface area contributed by atoms with Gasteiger partial charge in [0.1, 0.15) is 0 Å². The van der Waals surface area contributed by atoms with Crippen molar-refractivity contribution >= 4 is 15.9 Å². The van der Waals surface area contributed by atoms with Crippen molar-refractivity contribution in [3.05, 3.63) is 65.5 Å². The third-order valence-corrected chi connectivity index (χ3v) is 4.95. The minimum atomic E-state index is -3.57. The smallest absolute Gasteiger partial charge is 0.235 e. The van der Waals surface area contributed by atoms with Gasteiger partial charge in [-0.3, -0.25) is 9.78 Å². The third-order valence-electron chi connectivity index (χ3n) is 3.65. The normalized spacial score (nSPS) is 11.5. The molecule has 0 aliphatic carbocycles. The summed E-state index contributed by atoms with van der Waals surface area (Å²) in [5, 5.41) is 2.63. The molecule has 0 spiro atoms. The molecule has 0 atom stereocenters. The molecular weight excluding hydrogens is 338 g/mol. The van der Waals surface area contributed by atoms with Gasteiger partial charge in [-0.2, -0.15) is 0 Å². The molecule has 1 aromatic carbocycles. The van der Waals surface area contributed by atoms with Gasteiger partial charge < -0.3 is 5.32 Å². The highest BCUT2D eigenvalue weighted by molar-refractivity contribution is 7.88. The van der Waals surface area contributed by atoms with Crippen molar-refractivity contribution in [2.45, 2.75) is 32.1 Å². The topological polar surface area (TPSA) is 88.2 Å². The lowest BCUT2D eigenvalue weighted by Crippen LogP contribution is -2.37. The van der Waals surface area contributed by atoms with E-state index in [1.807, 2.05) is 18.2 Å². The summed E-state index contributed by atoms with van der Waals surface area (Å²) in [6.07, 6.45) is 1.63. The number of hydrogen-bond acceptors (Lipinski definition) is 4. The van der Waals surface area contributed by atoms with E-state index in [0.717, 1.165) is 5.56 Å². The van der Waals surface area contributed by atoms with Gasteiger partial charge in [0.15, 0.2) is 0 Å². The fraction of sp³-hybridized carbons (Fsp3) is 0.333. The van der Waals surface area contributed by atoms with Crippen molar-refractivity contribution in [3.8, 4) is 0 Å². The average Bonchev–Trinajstić information content (AvgIpc) is 2.59. The van der Waals surface area contributed by atoms with Gasteiger partial charge in [-0.1, -0.05) is 44.2 Å². The van der Waals surface area contributed by atoms with Crippen LogP contribution in [0.5, 0.6) is 0 Å². The Balaban J connectivity index is 1.81. The molecule has 0 radical (unpaired) electrons. The van der Waals surface area contributed by atoms with Crippen LogP contribution >= 0.6 is 0 Å². The molecular formula is C18H23N3O3S. The van der Waals surface area contributed by atoms with Crippen LogP contribution in [0.2, 0.25) is 0 Å². The molecule has 2 N–H and O–H groups in total. The molecule has 0 bridgehead atoms. The molecule has 0 aliphatic rings. The highest BCUT2D eigenvalue weighted by atomic mass is 32.2. The summed E-state index contributed by atoms with van der Waals surface area (Å²) in [7, 11) is -3.57. The SMILES string of the molecule is CC(C)c1ccc(CS(=O)(=O)NCC(=O)NCc2ccccn2)cc1. The second-order valence-electron chi connectivity index (χ2n) is 6.07. The van der Waals surface area contributed by atoms with Crippen molar-refractivity contribution in [1.29, 1.82) is 0 Å². The van der Waals surface area contributed by atoms with Crippen LogP contribution in [-0.2, 0) is 27.1 Å². The zero-order valence-corrected chi connectivity index (χ0v) is 15.2. The molecule has 0 unspecified atom stereocenters. The van der Waals surface area contributed by atoms with Crippen LogP contribution in [0.25, 0.3) is 0 Å². The monoisotopic (exact) mass is 361 g/mol. The fourth-order valence-electron chi connectivity index (χ4n) is 2.20. The number of hydrogen-bond donors (Lipinski definition) is 2. The standard InChI is InChI=1S/C18H23N3O3S/c1-14(2)16-8-6-15(7-9-16)13-25(23,24)21-12-18(22)20-11-17-5-3-4-10-19-17/h3-10,14,21H,11-13H2,1-2H3,(H,20,22). The van der Waals surface area contributed by atoms with Crippen molar-refractivity contribution in [2.75, 3.05) is 6.54 Å². The number of pyridine rings is 1. The number of carbonyl (C=O) groups excluding carboxylic acids is 1. The molecule has 0 aliphatic heterocycles. The van der Waals surface area contributed by atoms with Gasteiger partial charge in [-0.15, -0.1) is 0 Å². The Hall–Kier alpha value is -2.25. The number of aromatic nitrogens is 1. The number of rotatable bonds is 8. The van der Waals surface area contributed by atoms with E-state index in [1.165, 1.54) is 0 Å². The van der Waals surface area contributed by atoms with E-state index < -0.39 is 15.9 Å². The summed E-state index contributed by atoms with van der Waals surface area (Å²) in [6, 6.07) is 12.8. The molecule has 2 rings (SSSR count). The van der Waals surface area contributed by atoms with Gasteiger partial charge >= 0.3 is 0 Å². The first-order chi connectivity index (χ1) is 11.9. The second-order valence-corrected chi connectivity index (χ2v) is 7.88. The fourth-order valence-corrected chi connectivity index (χ4v) is 3.28. The molecule has 7 heteroatoms. The molecule has 6 nitrogen and oxygen atoms in total. The Morgan fingerprint density at radius 3 is 2.44 bits per heavy atom. The summed E-state index contributed by atoms with van der Waals surface area (Å²) in [6.45, 7) is 4.13. The van der Waals surface area contributed by atoms with Gasteiger partial charge in [0.25, 0.3) is 0 Å². The Kier molecular flexibility index (Phi) is 6.66. The number of nitrogens with one attached hydrogen (secondary N) is 2. The Morgan fingerprint density at radius 2 is 1.84 bits per heavy atom. The number of benzene rings is 1. The number of sulfonamides is 1. The van der Waals surface area contributed by atoms with Gasteiger partial charge in [-0.05, 0) is 29.2 Å². The number of nitrogens with zero attached hydrogens (tertiary/aromatic N) is 1. The lowest BCUT2D eigenvalue weighted by molar-refractivity contribution is -0.120. The van der Waals surface area contributed by atoms with Crippen LogP contribution in [0.4, 0.5) is 0 Å². The van der Waals surface area contributed by atoms with Gasteiger partial charge in [-0.25, -0.2) is 13.1 Å². The predicted octanol–water partition coefficient (Wildman–Crippen LogP) is 1.94. The lowest BCUT2D eigenvalue weighted by Gasteiger charge is -2.09. The molecule has 25 heavy (non-hydrogen) atoms. The number of carbonyl (C=O) groups is 1. The molecule has 1 aromatic heterocycles. The van der Waals surface area contributed by atoms with Gasteiger partial charge in [0, 0.05) is 6.20 Å². The Bertz CT molecular complexity index is 788. The molecule has 0 saturated heterocycles. The first kappa shape index (κ1) is 19.1. The predicted molar refractivity (Wildman–Crippen MR) is 97.2 cm³/mol. The zero-order chi connectivity index (χ0) is 18.3. The van der Waals surface area contributed by atoms with E-state index >= 15 is 0 Å². The largest absolute Gasteiger partial charge is 0.349 e. The molecule has 2 aromatic rings. The first-order valence-corrected chi connectivity index (χ1v) is 9.74. The Morgan fingerprint density at radius 1 is 1.12 bits per heavy atom. The van der Waals surface area contributed by atoms with Crippen LogP contribution < -0.4 is 10.0 Å². The molecule has 0 saturated carbocycles. The Labute approximate surface area is 148 Å². The van der Waals surface area contributed by atoms with E-state index in [0.29, 0.717) is 17.2 Å². The summed E-state index contributed by atoms with van der Waals surface area (Å²) in [5.74, 6) is -0.158. The molecule has 1 heterocycles. The average molecular weight is 361 g/mol. The summed E-state index contributed by atoms with van der Waals surface area (Å²) in [4.78, 5) is 15.9. The van der Waals surface area contributed by atoms with Crippen molar-refractivity contribution in [2.24, 2.45) is 0 Å².